The summed E-state index contributed by atoms with van der Waals surface area (Å²) in [6.07, 6.45) is 5.98. The Morgan fingerprint density at radius 1 is 0.850 bits per heavy atom. The Kier molecular flexibility index (Phi) is 5.58. The van der Waals surface area contributed by atoms with Gasteiger partial charge in [0.1, 0.15) is 11.5 Å². The molecule has 0 aliphatic carbocycles. The molecule has 0 atom stereocenters. The van der Waals surface area contributed by atoms with Crippen LogP contribution in [0, 0.1) is 0 Å². The van der Waals surface area contributed by atoms with Crippen LogP contribution in [0.1, 0.15) is 13.8 Å². The van der Waals surface area contributed by atoms with Crippen LogP contribution in [-0.4, -0.2) is 26.2 Å². The summed E-state index contributed by atoms with van der Waals surface area (Å²) in [6.45, 7) is 3.43. The summed E-state index contributed by atoms with van der Waals surface area (Å²) in [5.74, 6) is 0.514. The lowest BCUT2D eigenvalue weighted by Gasteiger charge is -1.91. The Bertz CT molecular complexity index is 474. The highest BCUT2D eigenvalue weighted by atomic mass is 16.5. The highest BCUT2D eigenvalue weighted by Gasteiger charge is 2.18. The Morgan fingerprint density at radius 2 is 1.20 bits per heavy atom. The van der Waals surface area contributed by atoms with Crippen molar-refractivity contribution < 1.29 is 28.5 Å². The van der Waals surface area contributed by atoms with E-state index < -0.39 is 0 Å². The van der Waals surface area contributed by atoms with E-state index >= 15 is 0 Å². The van der Waals surface area contributed by atoms with Crippen LogP contribution in [0.2, 0.25) is 0 Å². The molecule has 0 amide bonds. The molecule has 20 heavy (non-hydrogen) atoms. The zero-order valence-electron chi connectivity index (χ0n) is 11.8. The van der Waals surface area contributed by atoms with Crippen LogP contribution in [-0.2, 0) is 28.5 Å². The Hall–Kier alpha value is -2.50. The van der Waals surface area contributed by atoms with Crippen LogP contribution in [0.4, 0.5) is 0 Å². The highest BCUT2D eigenvalue weighted by molar-refractivity contribution is 5.95. The minimum atomic E-state index is -0.348. The van der Waals surface area contributed by atoms with Gasteiger partial charge < -0.3 is 18.9 Å². The Morgan fingerprint density at radius 3 is 1.40 bits per heavy atom. The van der Waals surface area contributed by atoms with Gasteiger partial charge in [0.15, 0.2) is 0 Å². The lowest BCUT2D eigenvalue weighted by Crippen LogP contribution is -1.96. The molecule has 0 radical (unpaired) electrons. The maximum absolute atomic E-state index is 10.8. The molecule has 0 aromatic heterocycles. The number of allylic oxidation sites excluding steroid dienone is 2. The number of hydrogen-bond acceptors (Lipinski definition) is 6. The lowest BCUT2D eigenvalue weighted by atomic mass is 10.3. The molecule has 0 aromatic rings. The molecular weight excluding hydrogens is 264 g/mol. The van der Waals surface area contributed by atoms with Crippen molar-refractivity contribution in [3.05, 3.63) is 47.3 Å². The van der Waals surface area contributed by atoms with Gasteiger partial charge in [0.25, 0.3) is 0 Å². The molecule has 2 rings (SSSR count). The van der Waals surface area contributed by atoms with Crippen molar-refractivity contribution in [1.29, 1.82) is 0 Å². The van der Waals surface area contributed by atoms with E-state index in [4.69, 9.17) is 9.47 Å². The molecule has 6 heteroatoms. The fourth-order valence-corrected chi connectivity index (χ4v) is 1.44. The molecule has 2 heterocycles. The van der Waals surface area contributed by atoms with Crippen LogP contribution in [0.15, 0.2) is 47.3 Å². The SMILES string of the molecule is CO/C=C1/C=C(C)OC1=O.CO/C=C1\C=C(C)OC1=O. The second-order valence-electron chi connectivity index (χ2n) is 3.91. The van der Waals surface area contributed by atoms with E-state index in [1.165, 1.54) is 26.7 Å². The van der Waals surface area contributed by atoms with E-state index in [2.05, 4.69) is 9.47 Å². The molecule has 0 fully saturated rings. The number of carbonyl (C=O) groups excluding carboxylic acids is 2. The largest absolute Gasteiger partial charge is 0.503 e. The summed E-state index contributed by atoms with van der Waals surface area (Å²) >= 11 is 0. The number of rotatable bonds is 2. The summed E-state index contributed by atoms with van der Waals surface area (Å²) in [5.41, 5.74) is 0.917. The van der Waals surface area contributed by atoms with Gasteiger partial charge in [0.05, 0.1) is 37.9 Å². The molecule has 108 valence electrons. The molecule has 0 saturated heterocycles. The first-order valence-corrected chi connectivity index (χ1v) is 5.74. The second kappa shape index (κ2) is 7.18. The first-order chi connectivity index (χ1) is 9.47. The van der Waals surface area contributed by atoms with Gasteiger partial charge >= 0.3 is 11.9 Å². The third-order valence-corrected chi connectivity index (χ3v) is 2.19. The number of esters is 2. The third kappa shape index (κ3) is 4.31. The molecule has 2 aliphatic heterocycles. The van der Waals surface area contributed by atoms with Crippen molar-refractivity contribution in [2.24, 2.45) is 0 Å². The zero-order valence-corrected chi connectivity index (χ0v) is 11.8. The van der Waals surface area contributed by atoms with Gasteiger partial charge in [-0.25, -0.2) is 9.59 Å². The van der Waals surface area contributed by atoms with Crippen LogP contribution in [0.25, 0.3) is 0 Å². The van der Waals surface area contributed by atoms with Gasteiger partial charge in [-0.15, -0.1) is 0 Å². The number of carbonyl (C=O) groups is 2. The van der Waals surface area contributed by atoms with Crippen molar-refractivity contribution in [1.82, 2.24) is 0 Å². The van der Waals surface area contributed by atoms with Crippen molar-refractivity contribution in [2.45, 2.75) is 13.8 Å². The van der Waals surface area contributed by atoms with E-state index in [0.29, 0.717) is 22.7 Å². The van der Waals surface area contributed by atoms with Crippen molar-refractivity contribution >= 4 is 11.9 Å². The van der Waals surface area contributed by atoms with Gasteiger partial charge in [-0.3, -0.25) is 0 Å². The van der Waals surface area contributed by atoms with E-state index in [0.717, 1.165) is 0 Å². The predicted molar refractivity (Wildman–Crippen MR) is 69.9 cm³/mol. The van der Waals surface area contributed by atoms with Gasteiger partial charge in [-0.05, 0) is 26.0 Å². The topological polar surface area (TPSA) is 71.1 Å². The van der Waals surface area contributed by atoms with E-state index in [-0.39, 0.29) is 11.9 Å². The fourth-order valence-electron chi connectivity index (χ4n) is 1.44. The standard InChI is InChI=1S/2C7H8O3/c2*1-5-3-6(4-9-2)7(8)10-5/h2*3-4H,1-2H3/b6-4+;6-4-. The zero-order chi connectivity index (χ0) is 15.1. The highest BCUT2D eigenvalue weighted by Crippen LogP contribution is 2.16. The van der Waals surface area contributed by atoms with Gasteiger partial charge in [-0.2, -0.15) is 0 Å². The molecule has 0 N–H and O–H groups in total. The van der Waals surface area contributed by atoms with Crippen molar-refractivity contribution in [3.63, 3.8) is 0 Å². The summed E-state index contributed by atoms with van der Waals surface area (Å²) < 4.78 is 18.7. The summed E-state index contributed by atoms with van der Waals surface area (Å²) in [6, 6.07) is 0. The van der Waals surface area contributed by atoms with Crippen LogP contribution in [0.5, 0.6) is 0 Å². The van der Waals surface area contributed by atoms with E-state index in [9.17, 15) is 9.59 Å². The minimum Gasteiger partial charge on any atom is -0.503 e. The van der Waals surface area contributed by atoms with Crippen LogP contribution in [0.3, 0.4) is 0 Å². The average Bonchev–Trinajstić information content (AvgIpc) is 2.84. The fraction of sp³-hybridized carbons (Fsp3) is 0.286. The molecule has 0 aromatic carbocycles. The van der Waals surface area contributed by atoms with Crippen LogP contribution < -0.4 is 0 Å². The summed E-state index contributed by atoms with van der Waals surface area (Å²) in [7, 11) is 2.98. The predicted octanol–water partition coefficient (Wildman–Crippen LogP) is 1.95. The molecule has 6 nitrogen and oxygen atoms in total. The Labute approximate surface area is 116 Å². The summed E-state index contributed by atoms with van der Waals surface area (Å²) in [5, 5.41) is 0. The molecule has 0 spiro atoms. The smallest absolute Gasteiger partial charge is 0.346 e. The normalized spacial score (nSPS) is 20.8. The molecule has 0 saturated carbocycles. The van der Waals surface area contributed by atoms with Crippen LogP contribution >= 0.6 is 0 Å². The monoisotopic (exact) mass is 280 g/mol. The second-order valence-corrected chi connectivity index (χ2v) is 3.91. The van der Waals surface area contributed by atoms with Gasteiger partial charge in [-0.1, -0.05) is 0 Å². The van der Waals surface area contributed by atoms with Gasteiger partial charge in [0, 0.05) is 0 Å². The molecular formula is C14H16O6. The van der Waals surface area contributed by atoms with Crippen molar-refractivity contribution in [2.75, 3.05) is 14.2 Å². The quantitative estimate of drug-likeness (QED) is 0.437. The number of hydrogen-bond donors (Lipinski definition) is 0. The van der Waals surface area contributed by atoms with E-state index in [1.54, 1.807) is 26.0 Å². The maximum Gasteiger partial charge on any atom is 0.346 e. The molecule has 0 bridgehead atoms. The van der Waals surface area contributed by atoms with Crippen molar-refractivity contribution in [3.8, 4) is 0 Å². The maximum atomic E-state index is 10.8. The molecule has 2 aliphatic rings. The summed E-state index contributed by atoms with van der Waals surface area (Å²) in [4.78, 5) is 21.5. The number of methoxy groups -OCH3 is 2. The first kappa shape index (κ1) is 15.6. The van der Waals surface area contributed by atoms with Gasteiger partial charge in [0.2, 0.25) is 0 Å². The average molecular weight is 280 g/mol. The lowest BCUT2D eigenvalue weighted by molar-refractivity contribution is -0.134. The Balaban J connectivity index is 0.000000200. The molecule has 0 unspecified atom stereocenters. The number of cyclic esters (lactones) is 2. The third-order valence-electron chi connectivity index (χ3n) is 2.19. The minimum absolute atomic E-state index is 0.348. The first-order valence-electron chi connectivity index (χ1n) is 5.74. The number of ether oxygens (including phenoxy) is 4. The van der Waals surface area contributed by atoms with E-state index in [1.807, 2.05) is 0 Å².